The fourth-order valence-electron chi connectivity index (χ4n) is 0.151. The summed E-state index contributed by atoms with van der Waals surface area (Å²) in [6.45, 7) is 1.51. The molecule has 0 aromatic heterocycles. The average Bonchev–Trinajstić information content (AvgIpc) is 1.65. The molecule has 0 rings (SSSR count). The molecule has 0 aliphatic rings. The zero-order chi connectivity index (χ0) is 5.86. The standard InChI is InChI=1S/C4H6O3/c1-2-3(5)4(6)7/h2H2,1H3,(H,6,7)/i4+1. The van der Waals surface area contributed by atoms with E-state index < -0.39 is 11.8 Å². The lowest BCUT2D eigenvalue weighted by molar-refractivity contribution is -0.148. The molecular weight excluding hydrogens is 97.0 g/mol. The molecule has 3 nitrogen and oxygen atoms in total. The predicted molar refractivity (Wildman–Crippen MR) is 22.9 cm³/mol. The zero-order valence-electron chi connectivity index (χ0n) is 3.97. The second-order valence-corrected chi connectivity index (χ2v) is 1.08. The first-order valence-corrected chi connectivity index (χ1v) is 1.94. The number of carbonyl (C=O) groups excluding carboxylic acids is 1. The summed E-state index contributed by atoms with van der Waals surface area (Å²) in [4.78, 5) is 19.5. The van der Waals surface area contributed by atoms with Crippen LogP contribution in [0.1, 0.15) is 13.3 Å². The van der Waals surface area contributed by atoms with Gasteiger partial charge in [-0.15, -0.1) is 0 Å². The zero-order valence-corrected chi connectivity index (χ0v) is 3.97. The molecule has 0 heterocycles. The van der Waals surface area contributed by atoms with Crippen LogP contribution in [0.15, 0.2) is 0 Å². The SMILES string of the molecule is CCC(=O)[13C](=O)O. The monoisotopic (exact) mass is 103 g/mol. The van der Waals surface area contributed by atoms with Gasteiger partial charge < -0.3 is 5.11 Å². The van der Waals surface area contributed by atoms with Crippen LogP contribution in [-0.2, 0) is 9.59 Å². The number of aliphatic carboxylic acids is 1. The van der Waals surface area contributed by atoms with Crippen LogP contribution in [-0.4, -0.2) is 16.9 Å². The number of carboxylic acids is 1. The summed E-state index contributed by atoms with van der Waals surface area (Å²) >= 11 is 0. The first kappa shape index (κ1) is 6.14. The number of rotatable bonds is 2. The van der Waals surface area contributed by atoms with E-state index in [9.17, 15) is 9.59 Å². The second-order valence-electron chi connectivity index (χ2n) is 1.08. The first-order valence-electron chi connectivity index (χ1n) is 1.94. The molecule has 0 radical (unpaired) electrons. The molecule has 3 heteroatoms. The van der Waals surface area contributed by atoms with Crippen molar-refractivity contribution in [2.45, 2.75) is 13.3 Å². The van der Waals surface area contributed by atoms with Crippen LogP contribution in [0.2, 0.25) is 0 Å². The molecule has 1 N–H and O–H groups in total. The Morgan fingerprint density at radius 3 is 2.00 bits per heavy atom. The van der Waals surface area contributed by atoms with Crippen molar-refractivity contribution in [2.24, 2.45) is 0 Å². The van der Waals surface area contributed by atoms with Crippen molar-refractivity contribution in [1.29, 1.82) is 0 Å². The van der Waals surface area contributed by atoms with Gasteiger partial charge in [0.1, 0.15) is 0 Å². The largest absolute Gasteiger partial charge is 0.476 e. The lowest BCUT2D eigenvalue weighted by Crippen LogP contribution is -2.09. The van der Waals surface area contributed by atoms with Gasteiger partial charge in [-0.25, -0.2) is 4.79 Å². The van der Waals surface area contributed by atoms with Crippen LogP contribution in [0.5, 0.6) is 0 Å². The molecule has 0 unspecified atom stereocenters. The van der Waals surface area contributed by atoms with Gasteiger partial charge in [-0.1, -0.05) is 6.92 Å². The van der Waals surface area contributed by atoms with E-state index in [4.69, 9.17) is 5.11 Å². The van der Waals surface area contributed by atoms with Crippen molar-refractivity contribution < 1.29 is 14.7 Å². The van der Waals surface area contributed by atoms with E-state index >= 15 is 0 Å². The highest BCUT2D eigenvalue weighted by Gasteiger charge is 2.05. The molecule has 0 aliphatic heterocycles. The molecule has 0 spiro atoms. The molecular formula is C4H6O3. The van der Waals surface area contributed by atoms with Gasteiger partial charge in [-0.3, -0.25) is 4.79 Å². The Balaban J connectivity index is 3.58. The topological polar surface area (TPSA) is 54.4 Å². The van der Waals surface area contributed by atoms with Crippen LogP contribution in [0, 0.1) is 0 Å². The Bertz CT molecular complexity index is 95.1. The van der Waals surface area contributed by atoms with E-state index in [1.807, 2.05) is 0 Å². The van der Waals surface area contributed by atoms with Gasteiger partial charge in [-0.05, 0) is 0 Å². The number of ketones is 1. The first-order chi connectivity index (χ1) is 3.18. The highest BCUT2D eigenvalue weighted by Crippen LogP contribution is 1.76. The van der Waals surface area contributed by atoms with Gasteiger partial charge in [0.25, 0.3) is 0 Å². The van der Waals surface area contributed by atoms with Gasteiger partial charge in [0.15, 0.2) is 0 Å². The Morgan fingerprint density at radius 2 is 2.00 bits per heavy atom. The van der Waals surface area contributed by atoms with E-state index in [-0.39, 0.29) is 6.42 Å². The van der Waals surface area contributed by atoms with Crippen molar-refractivity contribution >= 4 is 11.8 Å². The van der Waals surface area contributed by atoms with Crippen molar-refractivity contribution in [3.05, 3.63) is 0 Å². The minimum Gasteiger partial charge on any atom is -0.476 e. The number of carboxylic acid groups (broad SMARTS) is 1. The second kappa shape index (κ2) is 2.34. The van der Waals surface area contributed by atoms with E-state index in [1.54, 1.807) is 0 Å². The summed E-state index contributed by atoms with van der Waals surface area (Å²) in [7, 11) is 0. The van der Waals surface area contributed by atoms with E-state index in [0.717, 1.165) is 0 Å². The fourth-order valence-corrected chi connectivity index (χ4v) is 0.151. The maximum Gasteiger partial charge on any atom is 0.372 e. The van der Waals surface area contributed by atoms with Gasteiger partial charge in [-0.2, -0.15) is 0 Å². The van der Waals surface area contributed by atoms with Gasteiger partial charge in [0.05, 0.1) is 0 Å². The fraction of sp³-hybridized carbons (Fsp3) is 0.500. The lowest BCUT2D eigenvalue weighted by Gasteiger charge is -1.80. The van der Waals surface area contributed by atoms with Crippen molar-refractivity contribution in [3.8, 4) is 0 Å². The summed E-state index contributed by atoms with van der Waals surface area (Å²) < 4.78 is 0. The number of hydrogen-bond donors (Lipinski definition) is 1. The number of Topliss-reactive ketones (excluding diaryl/α,β-unsaturated/α-hetero) is 1. The van der Waals surface area contributed by atoms with Gasteiger partial charge in [0, 0.05) is 6.42 Å². The maximum atomic E-state index is 9.91. The van der Waals surface area contributed by atoms with E-state index in [0.29, 0.717) is 0 Å². The average molecular weight is 103 g/mol. The summed E-state index contributed by atoms with van der Waals surface area (Å²) in [5.41, 5.74) is 0. The molecule has 0 amide bonds. The van der Waals surface area contributed by atoms with Crippen molar-refractivity contribution in [1.82, 2.24) is 0 Å². The molecule has 0 atom stereocenters. The molecule has 0 saturated carbocycles. The summed E-state index contributed by atoms with van der Waals surface area (Å²) in [6.07, 6.45) is 0.0787. The molecule has 40 valence electrons. The molecule has 0 aromatic rings. The Labute approximate surface area is 41.0 Å². The van der Waals surface area contributed by atoms with E-state index in [1.165, 1.54) is 6.92 Å². The summed E-state index contributed by atoms with van der Waals surface area (Å²) in [5.74, 6) is -2.08. The molecule has 7 heavy (non-hydrogen) atoms. The number of hydrogen-bond acceptors (Lipinski definition) is 2. The van der Waals surface area contributed by atoms with Crippen molar-refractivity contribution in [3.63, 3.8) is 0 Å². The van der Waals surface area contributed by atoms with Gasteiger partial charge >= 0.3 is 5.97 Å². The Kier molecular flexibility index (Phi) is 2.05. The maximum absolute atomic E-state index is 9.91. The third-order valence-corrected chi connectivity index (χ3v) is 0.560. The summed E-state index contributed by atoms with van der Waals surface area (Å²) in [6, 6.07) is 0. The third-order valence-electron chi connectivity index (χ3n) is 0.560. The van der Waals surface area contributed by atoms with E-state index in [2.05, 4.69) is 0 Å². The predicted octanol–water partition coefficient (Wildman–Crippen LogP) is 0.0501. The molecule has 0 saturated heterocycles. The van der Waals surface area contributed by atoms with Crippen LogP contribution >= 0.6 is 0 Å². The smallest absolute Gasteiger partial charge is 0.372 e. The highest BCUT2D eigenvalue weighted by molar-refractivity contribution is 6.32. The molecule has 0 fully saturated rings. The molecule has 0 bridgehead atoms. The quantitative estimate of drug-likeness (QED) is 0.397. The number of carbonyl (C=O) groups is 2. The van der Waals surface area contributed by atoms with Crippen LogP contribution in [0.4, 0.5) is 0 Å². The summed E-state index contributed by atoms with van der Waals surface area (Å²) in [5, 5.41) is 7.83. The van der Waals surface area contributed by atoms with Crippen LogP contribution < -0.4 is 0 Å². The lowest BCUT2D eigenvalue weighted by atomic mass is 10.4. The highest BCUT2D eigenvalue weighted by atomic mass is 16.5. The third kappa shape index (κ3) is 1.92. The van der Waals surface area contributed by atoms with Crippen molar-refractivity contribution in [2.75, 3.05) is 0 Å². The minimum atomic E-state index is -1.34. The Morgan fingerprint density at radius 1 is 1.57 bits per heavy atom. The molecule has 0 aromatic carbocycles. The Hall–Kier alpha value is -0.860. The van der Waals surface area contributed by atoms with Gasteiger partial charge in [0.2, 0.25) is 5.78 Å². The normalized spacial score (nSPS) is 8.14. The minimum absolute atomic E-state index is 0.0787. The van der Waals surface area contributed by atoms with Crippen LogP contribution in [0.3, 0.4) is 0 Å². The molecule has 0 aliphatic carbocycles. The van der Waals surface area contributed by atoms with Crippen LogP contribution in [0.25, 0.3) is 0 Å².